The minimum Gasteiger partial charge on any atom is -0.494 e. The third kappa shape index (κ3) is 4.75. The molecule has 1 rings (SSSR count). The standard InChI is InChI=1S/C14H20O4/c1-3-10-18-12-7-4-11(5-8-12)6-9-13(15)14(16)17-2/h4-5,7-8,13,15H,3,6,9-10H2,1-2H3. The molecule has 0 heterocycles. The fourth-order valence-electron chi connectivity index (χ4n) is 1.53. The number of esters is 1. The van der Waals surface area contributed by atoms with E-state index in [1.807, 2.05) is 24.3 Å². The first-order valence-electron chi connectivity index (χ1n) is 6.15. The van der Waals surface area contributed by atoms with Crippen molar-refractivity contribution in [2.75, 3.05) is 13.7 Å². The molecule has 0 aliphatic rings. The average Bonchev–Trinajstić information content (AvgIpc) is 2.42. The summed E-state index contributed by atoms with van der Waals surface area (Å²) in [6, 6.07) is 7.68. The lowest BCUT2D eigenvalue weighted by atomic mass is 10.1. The second-order valence-corrected chi connectivity index (χ2v) is 4.07. The van der Waals surface area contributed by atoms with Gasteiger partial charge in [-0.1, -0.05) is 19.1 Å². The Balaban J connectivity index is 2.41. The molecule has 1 aromatic carbocycles. The molecule has 18 heavy (non-hydrogen) atoms. The number of carbonyl (C=O) groups is 1. The third-order valence-electron chi connectivity index (χ3n) is 2.58. The second kappa shape index (κ2) is 7.71. The summed E-state index contributed by atoms with van der Waals surface area (Å²) in [5.74, 6) is 0.256. The van der Waals surface area contributed by atoms with Crippen LogP contribution in [0.4, 0.5) is 0 Å². The highest BCUT2D eigenvalue weighted by molar-refractivity contribution is 5.74. The Kier molecular flexibility index (Phi) is 6.22. The Hall–Kier alpha value is -1.55. The van der Waals surface area contributed by atoms with E-state index in [0.717, 1.165) is 17.7 Å². The van der Waals surface area contributed by atoms with Crippen molar-refractivity contribution in [1.29, 1.82) is 0 Å². The molecular formula is C14H20O4. The van der Waals surface area contributed by atoms with Gasteiger partial charge in [0, 0.05) is 0 Å². The van der Waals surface area contributed by atoms with Crippen LogP contribution in [0.2, 0.25) is 0 Å². The van der Waals surface area contributed by atoms with Gasteiger partial charge in [-0.15, -0.1) is 0 Å². The number of aliphatic hydroxyl groups is 1. The van der Waals surface area contributed by atoms with Crippen LogP contribution in [-0.2, 0) is 16.0 Å². The van der Waals surface area contributed by atoms with E-state index in [1.165, 1.54) is 7.11 Å². The summed E-state index contributed by atoms with van der Waals surface area (Å²) < 4.78 is 9.92. The third-order valence-corrected chi connectivity index (χ3v) is 2.58. The number of hydrogen-bond acceptors (Lipinski definition) is 4. The molecule has 0 bridgehead atoms. The number of carbonyl (C=O) groups excluding carboxylic acids is 1. The maximum atomic E-state index is 11.0. The summed E-state index contributed by atoms with van der Waals surface area (Å²) >= 11 is 0. The molecule has 0 aliphatic heterocycles. The van der Waals surface area contributed by atoms with E-state index in [2.05, 4.69) is 11.7 Å². The number of methoxy groups -OCH3 is 1. The van der Waals surface area contributed by atoms with Gasteiger partial charge in [-0.3, -0.25) is 0 Å². The van der Waals surface area contributed by atoms with Crippen LogP contribution in [0.25, 0.3) is 0 Å². The number of hydrogen-bond donors (Lipinski definition) is 1. The van der Waals surface area contributed by atoms with Crippen LogP contribution in [0.15, 0.2) is 24.3 Å². The topological polar surface area (TPSA) is 55.8 Å². The molecule has 4 heteroatoms. The molecular weight excluding hydrogens is 232 g/mol. The first-order chi connectivity index (χ1) is 8.67. The highest BCUT2D eigenvalue weighted by Gasteiger charge is 2.14. The fraction of sp³-hybridized carbons (Fsp3) is 0.500. The van der Waals surface area contributed by atoms with Crippen molar-refractivity contribution in [3.05, 3.63) is 29.8 Å². The van der Waals surface area contributed by atoms with Crippen molar-refractivity contribution in [1.82, 2.24) is 0 Å². The minimum absolute atomic E-state index is 0.363. The highest BCUT2D eigenvalue weighted by atomic mass is 16.5. The second-order valence-electron chi connectivity index (χ2n) is 4.07. The van der Waals surface area contributed by atoms with E-state index in [1.54, 1.807) is 0 Å². The summed E-state index contributed by atoms with van der Waals surface area (Å²) in [6.07, 6.45) is 0.921. The molecule has 1 N–H and O–H groups in total. The van der Waals surface area contributed by atoms with Crippen LogP contribution in [0.3, 0.4) is 0 Å². The van der Waals surface area contributed by atoms with Crippen LogP contribution in [0.5, 0.6) is 5.75 Å². The lowest BCUT2D eigenvalue weighted by Gasteiger charge is -2.09. The summed E-state index contributed by atoms with van der Waals surface area (Å²) in [7, 11) is 1.27. The van der Waals surface area contributed by atoms with Gasteiger partial charge in [0.15, 0.2) is 6.10 Å². The van der Waals surface area contributed by atoms with Gasteiger partial charge in [-0.05, 0) is 37.0 Å². The molecule has 1 atom stereocenters. The maximum Gasteiger partial charge on any atom is 0.334 e. The van der Waals surface area contributed by atoms with E-state index < -0.39 is 12.1 Å². The monoisotopic (exact) mass is 252 g/mol. The Morgan fingerprint density at radius 3 is 2.56 bits per heavy atom. The first kappa shape index (κ1) is 14.5. The summed E-state index contributed by atoms with van der Waals surface area (Å²) in [5.41, 5.74) is 1.06. The number of aliphatic hydroxyl groups excluding tert-OH is 1. The van der Waals surface area contributed by atoms with Crippen molar-refractivity contribution in [2.24, 2.45) is 0 Å². The molecule has 1 unspecified atom stereocenters. The molecule has 0 spiro atoms. The summed E-state index contributed by atoms with van der Waals surface area (Å²) in [4.78, 5) is 11.0. The Bertz CT molecular complexity index is 359. The zero-order chi connectivity index (χ0) is 13.4. The van der Waals surface area contributed by atoms with E-state index >= 15 is 0 Å². The zero-order valence-corrected chi connectivity index (χ0v) is 10.9. The van der Waals surface area contributed by atoms with Gasteiger partial charge in [0.05, 0.1) is 13.7 Å². The van der Waals surface area contributed by atoms with E-state index in [9.17, 15) is 9.90 Å². The van der Waals surface area contributed by atoms with Gasteiger partial charge < -0.3 is 14.6 Å². The van der Waals surface area contributed by atoms with Crippen LogP contribution in [0, 0.1) is 0 Å². The van der Waals surface area contributed by atoms with Gasteiger partial charge in [0.1, 0.15) is 5.75 Å². The lowest BCUT2D eigenvalue weighted by molar-refractivity contribution is -0.150. The smallest absolute Gasteiger partial charge is 0.334 e. The minimum atomic E-state index is -1.05. The Labute approximate surface area is 108 Å². The SMILES string of the molecule is CCCOc1ccc(CCC(O)C(=O)OC)cc1. The van der Waals surface area contributed by atoms with Crippen molar-refractivity contribution in [3.8, 4) is 5.75 Å². The number of rotatable bonds is 7. The van der Waals surface area contributed by atoms with Crippen LogP contribution in [-0.4, -0.2) is 30.9 Å². The van der Waals surface area contributed by atoms with E-state index in [4.69, 9.17) is 4.74 Å². The Morgan fingerprint density at radius 1 is 1.33 bits per heavy atom. The van der Waals surface area contributed by atoms with Crippen LogP contribution >= 0.6 is 0 Å². The quantitative estimate of drug-likeness (QED) is 0.753. The van der Waals surface area contributed by atoms with E-state index in [0.29, 0.717) is 19.4 Å². The molecule has 1 aromatic rings. The molecule has 0 aliphatic carbocycles. The van der Waals surface area contributed by atoms with Crippen molar-refractivity contribution >= 4 is 5.97 Å². The predicted octanol–water partition coefficient (Wildman–Crippen LogP) is 1.94. The van der Waals surface area contributed by atoms with Gasteiger partial charge in [0.2, 0.25) is 0 Å². The lowest BCUT2D eigenvalue weighted by Crippen LogP contribution is -2.22. The van der Waals surface area contributed by atoms with Crippen molar-refractivity contribution in [3.63, 3.8) is 0 Å². The molecule has 0 saturated carbocycles. The number of benzene rings is 1. The van der Waals surface area contributed by atoms with Crippen molar-refractivity contribution < 1.29 is 19.4 Å². The normalized spacial score (nSPS) is 11.9. The molecule has 0 fully saturated rings. The molecule has 0 aromatic heterocycles. The fourth-order valence-corrected chi connectivity index (χ4v) is 1.53. The maximum absolute atomic E-state index is 11.0. The first-order valence-corrected chi connectivity index (χ1v) is 6.15. The number of aryl methyl sites for hydroxylation is 1. The van der Waals surface area contributed by atoms with Gasteiger partial charge in [0.25, 0.3) is 0 Å². The van der Waals surface area contributed by atoms with Gasteiger partial charge >= 0.3 is 5.97 Å². The molecule has 100 valence electrons. The summed E-state index contributed by atoms with van der Waals surface area (Å²) in [6.45, 7) is 2.77. The largest absolute Gasteiger partial charge is 0.494 e. The van der Waals surface area contributed by atoms with E-state index in [-0.39, 0.29) is 0 Å². The van der Waals surface area contributed by atoms with Gasteiger partial charge in [-0.2, -0.15) is 0 Å². The molecule has 0 saturated heterocycles. The highest BCUT2D eigenvalue weighted by Crippen LogP contribution is 2.14. The van der Waals surface area contributed by atoms with Crippen molar-refractivity contribution in [2.45, 2.75) is 32.3 Å². The molecule has 0 radical (unpaired) electrons. The van der Waals surface area contributed by atoms with Crippen LogP contribution < -0.4 is 4.74 Å². The van der Waals surface area contributed by atoms with Gasteiger partial charge in [-0.25, -0.2) is 4.79 Å². The number of ether oxygens (including phenoxy) is 2. The summed E-state index contributed by atoms with van der Waals surface area (Å²) in [5, 5.41) is 9.45. The molecule has 4 nitrogen and oxygen atoms in total. The molecule has 0 amide bonds. The average molecular weight is 252 g/mol. The Morgan fingerprint density at radius 2 is 2.00 bits per heavy atom. The van der Waals surface area contributed by atoms with Crippen LogP contribution in [0.1, 0.15) is 25.3 Å². The predicted molar refractivity (Wildman–Crippen MR) is 68.6 cm³/mol. The zero-order valence-electron chi connectivity index (χ0n) is 10.9.